The molecule has 2 aromatic rings. The Morgan fingerprint density at radius 1 is 1.24 bits per heavy atom. The maximum absolute atomic E-state index is 12.4. The molecule has 21 heavy (non-hydrogen) atoms. The number of amides is 2. The Balaban J connectivity index is 1.53. The van der Waals surface area contributed by atoms with Crippen molar-refractivity contribution in [3.05, 3.63) is 58.3 Å². The lowest BCUT2D eigenvalue weighted by Crippen LogP contribution is -2.40. The van der Waals surface area contributed by atoms with Gasteiger partial charge in [-0.3, -0.25) is 0 Å². The summed E-state index contributed by atoms with van der Waals surface area (Å²) in [4.78, 5) is 15.6. The van der Waals surface area contributed by atoms with Crippen molar-refractivity contribution < 1.29 is 4.79 Å². The third-order valence-electron chi connectivity index (χ3n) is 3.92. The smallest absolute Gasteiger partial charge is 0.317 e. The largest absolute Gasteiger partial charge is 0.338 e. The van der Waals surface area contributed by atoms with Crippen molar-refractivity contribution >= 4 is 17.4 Å². The second kappa shape index (κ2) is 6.76. The average molecular weight is 300 g/mol. The predicted molar refractivity (Wildman–Crippen MR) is 86.5 cm³/mol. The normalized spacial score (nSPS) is 17.9. The second-order valence-electron chi connectivity index (χ2n) is 5.33. The molecule has 3 rings (SSSR count). The second-order valence-corrected chi connectivity index (χ2v) is 6.31. The minimum Gasteiger partial charge on any atom is -0.338 e. The minimum absolute atomic E-state index is 0.0711. The van der Waals surface area contributed by atoms with Crippen LogP contribution in [0.4, 0.5) is 4.79 Å². The van der Waals surface area contributed by atoms with Gasteiger partial charge >= 0.3 is 6.03 Å². The molecular weight excluding hydrogens is 280 g/mol. The minimum atomic E-state index is 0.0711. The molecule has 2 heterocycles. The van der Waals surface area contributed by atoms with Gasteiger partial charge in [-0.05, 0) is 36.3 Å². The molecule has 0 saturated carbocycles. The standard InChI is InChI=1S/C17H20N2OS/c20-17(18-11-10-14-6-2-1-3-7-14)19-12-4-8-15(19)16-9-5-13-21-16/h1-3,5-7,9,13,15H,4,8,10-12H2,(H,18,20)/t15-/m0/s1. The zero-order valence-corrected chi connectivity index (χ0v) is 12.8. The molecule has 1 fully saturated rings. The van der Waals surface area contributed by atoms with Crippen molar-refractivity contribution in [2.24, 2.45) is 0 Å². The highest BCUT2D eigenvalue weighted by Gasteiger charge is 2.30. The fourth-order valence-electron chi connectivity index (χ4n) is 2.85. The number of carbonyl (C=O) groups excluding carboxylic acids is 1. The summed E-state index contributed by atoms with van der Waals surface area (Å²) in [6, 6.07) is 14.8. The number of likely N-dealkylation sites (tertiary alicyclic amines) is 1. The lowest BCUT2D eigenvalue weighted by atomic mass is 10.1. The van der Waals surface area contributed by atoms with Gasteiger partial charge in [0.1, 0.15) is 0 Å². The van der Waals surface area contributed by atoms with Gasteiger partial charge in [0.25, 0.3) is 0 Å². The molecule has 1 aliphatic heterocycles. The van der Waals surface area contributed by atoms with E-state index in [0.29, 0.717) is 6.54 Å². The van der Waals surface area contributed by atoms with Crippen molar-refractivity contribution in [2.75, 3.05) is 13.1 Å². The van der Waals surface area contributed by atoms with Crippen molar-refractivity contribution in [3.8, 4) is 0 Å². The Morgan fingerprint density at radius 3 is 2.86 bits per heavy atom. The summed E-state index contributed by atoms with van der Waals surface area (Å²) >= 11 is 1.74. The maximum atomic E-state index is 12.4. The molecule has 1 aromatic heterocycles. The lowest BCUT2D eigenvalue weighted by Gasteiger charge is -2.24. The van der Waals surface area contributed by atoms with Gasteiger partial charge in [-0.2, -0.15) is 0 Å². The number of carbonyl (C=O) groups is 1. The van der Waals surface area contributed by atoms with Crippen LogP contribution in [-0.4, -0.2) is 24.0 Å². The highest BCUT2D eigenvalue weighted by atomic mass is 32.1. The molecule has 0 bridgehead atoms. The zero-order chi connectivity index (χ0) is 14.5. The Hall–Kier alpha value is -1.81. The Bertz CT molecular complexity index is 568. The van der Waals surface area contributed by atoms with E-state index in [9.17, 15) is 4.79 Å². The Labute approximate surface area is 129 Å². The first kappa shape index (κ1) is 14.1. The number of hydrogen-bond donors (Lipinski definition) is 1. The van der Waals surface area contributed by atoms with Crippen LogP contribution in [0.3, 0.4) is 0 Å². The highest BCUT2D eigenvalue weighted by Crippen LogP contribution is 2.34. The summed E-state index contributed by atoms with van der Waals surface area (Å²) in [5.41, 5.74) is 1.26. The Morgan fingerprint density at radius 2 is 2.10 bits per heavy atom. The summed E-state index contributed by atoms with van der Waals surface area (Å²) in [5, 5.41) is 5.14. The summed E-state index contributed by atoms with van der Waals surface area (Å²) in [6.45, 7) is 1.55. The van der Waals surface area contributed by atoms with Gasteiger partial charge in [0.15, 0.2) is 0 Å². The monoisotopic (exact) mass is 300 g/mol. The van der Waals surface area contributed by atoms with Crippen LogP contribution >= 0.6 is 11.3 Å². The van der Waals surface area contributed by atoms with Gasteiger partial charge in [-0.25, -0.2) is 4.79 Å². The molecule has 110 valence electrons. The summed E-state index contributed by atoms with van der Waals surface area (Å²) in [6.07, 6.45) is 3.05. The topological polar surface area (TPSA) is 32.3 Å². The molecular formula is C17H20N2OS. The first-order chi connectivity index (χ1) is 10.3. The van der Waals surface area contributed by atoms with Crippen molar-refractivity contribution in [1.82, 2.24) is 10.2 Å². The molecule has 4 heteroatoms. The third-order valence-corrected chi connectivity index (χ3v) is 4.89. The molecule has 1 N–H and O–H groups in total. The average Bonchev–Trinajstić information content (AvgIpc) is 3.19. The summed E-state index contributed by atoms with van der Waals surface area (Å²) < 4.78 is 0. The van der Waals surface area contributed by atoms with E-state index >= 15 is 0 Å². The van der Waals surface area contributed by atoms with Crippen LogP contribution in [-0.2, 0) is 6.42 Å². The van der Waals surface area contributed by atoms with E-state index in [-0.39, 0.29) is 12.1 Å². The van der Waals surface area contributed by atoms with Crippen LogP contribution in [0.25, 0.3) is 0 Å². The van der Waals surface area contributed by atoms with Gasteiger partial charge < -0.3 is 10.2 Å². The van der Waals surface area contributed by atoms with Crippen LogP contribution in [0.2, 0.25) is 0 Å². The van der Waals surface area contributed by atoms with Crippen LogP contribution < -0.4 is 5.32 Å². The fourth-order valence-corrected chi connectivity index (χ4v) is 3.72. The molecule has 0 unspecified atom stereocenters. The highest BCUT2D eigenvalue weighted by molar-refractivity contribution is 7.10. The lowest BCUT2D eigenvalue weighted by molar-refractivity contribution is 0.194. The Kier molecular flexibility index (Phi) is 4.55. The van der Waals surface area contributed by atoms with Crippen LogP contribution in [0.5, 0.6) is 0 Å². The molecule has 0 radical (unpaired) electrons. The van der Waals surface area contributed by atoms with Crippen LogP contribution in [0, 0.1) is 0 Å². The first-order valence-electron chi connectivity index (χ1n) is 7.46. The van der Waals surface area contributed by atoms with Crippen molar-refractivity contribution in [2.45, 2.75) is 25.3 Å². The number of urea groups is 1. The molecule has 1 saturated heterocycles. The number of thiophene rings is 1. The van der Waals surface area contributed by atoms with Gasteiger partial charge in [-0.15, -0.1) is 11.3 Å². The number of hydrogen-bond acceptors (Lipinski definition) is 2. The molecule has 0 aliphatic carbocycles. The summed E-state index contributed by atoms with van der Waals surface area (Å²) in [7, 11) is 0. The number of rotatable bonds is 4. The number of nitrogens with one attached hydrogen (secondary N) is 1. The molecule has 0 spiro atoms. The van der Waals surface area contributed by atoms with E-state index in [4.69, 9.17) is 0 Å². The van der Waals surface area contributed by atoms with E-state index in [2.05, 4.69) is 35.0 Å². The van der Waals surface area contributed by atoms with E-state index in [1.54, 1.807) is 11.3 Å². The van der Waals surface area contributed by atoms with Crippen LogP contribution in [0.15, 0.2) is 47.8 Å². The molecule has 2 amide bonds. The van der Waals surface area contributed by atoms with E-state index in [1.807, 2.05) is 23.1 Å². The van der Waals surface area contributed by atoms with Gasteiger partial charge in [0, 0.05) is 18.0 Å². The predicted octanol–water partition coefficient (Wildman–Crippen LogP) is 3.84. The molecule has 1 aromatic carbocycles. The fraction of sp³-hybridized carbons (Fsp3) is 0.353. The molecule has 3 nitrogen and oxygen atoms in total. The van der Waals surface area contributed by atoms with Crippen molar-refractivity contribution in [1.29, 1.82) is 0 Å². The van der Waals surface area contributed by atoms with Crippen molar-refractivity contribution in [3.63, 3.8) is 0 Å². The maximum Gasteiger partial charge on any atom is 0.317 e. The number of nitrogens with zero attached hydrogens (tertiary/aromatic N) is 1. The molecule has 1 aliphatic rings. The van der Waals surface area contributed by atoms with E-state index < -0.39 is 0 Å². The van der Waals surface area contributed by atoms with Gasteiger partial charge in [0.2, 0.25) is 0 Å². The van der Waals surface area contributed by atoms with E-state index in [1.165, 1.54) is 10.4 Å². The molecule has 1 atom stereocenters. The zero-order valence-electron chi connectivity index (χ0n) is 12.0. The summed E-state index contributed by atoms with van der Waals surface area (Å²) in [5.74, 6) is 0. The third kappa shape index (κ3) is 3.45. The SMILES string of the molecule is O=C(NCCc1ccccc1)N1CCC[C@H]1c1cccs1. The van der Waals surface area contributed by atoms with Gasteiger partial charge in [0.05, 0.1) is 6.04 Å². The van der Waals surface area contributed by atoms with Gasteiger partial charge in [-0.1, -0.05) is 36.4 Å². The van der Waals surface area contributed by atoms with Crippen LogP contribution in [0.1, 0.15) is 29.3 Å². The first-order valence-corrected chi connectivity index (χ1v) is 8.34. The quantitative estimate of drug-likeness (QED) is 0.914. The number of benzene rings is 1. The van der Waals surface area contributed by atoms with E-state index in [0.717, 1.165) is 25.8 Å².